The molecule has 102 valence electrons. The van der Waals surface area contributed by atoms with Crippen LogP contribution in [0.15, 0.2) is 11.1 Å². The van der Waals surface area contributed by atoms with Gasteiger partial charge in [-0.25, -0.2) is 0 Å². The summed E-state index contributed by atoms with van der Waals surface area (Å²) < 4.78 is 0. The van der Waals surface area contributed by atoms with E-state index in [1.165, 1.54) is 18.4 Å². The maximum Gasteiger partial charge on any atom is 0.249 e. The lowest BCUT2D eigenvalue weighted by Crippen LogP contribution is -2.43. The van der Waals surface area contributed by atoms with Crippen LogP contribution in [0.2, 0.25) is 0 Å². The second kappa shape index (κ2) is 5.04. The second-order valence-corrected chi connectivity index (χ2v) is 6.64. The Hall–Kier alpha value is -0.830. The lowest BCUT2D eigenvalue weighted by Gasteiger charge is -2.39. The third-order valence-corrected chi connectivity index (χ3v) is 4.70. The summed E-state index contributed by atoms with van der Waals surface area (Å²) in [6.45, 7) is 8.42. The summed E-state index contributed by atoms with van der Waals surface area (Å²) in [4.78, 5) is 14.4. The molecule has 1 aliphatic heterocycles. The maximum absolute atomic E-state index is 12.4. The quantitative estimate of drug-likeness (QED) is 0.763. The third-order valence-electron chi connectivity index (χ3n) is 4.70. The minimum atomic E-state index is 0.233. The van der Waals surface area contributed by atoms with Gasteiger partial charge in [0.05, 0.1) is 0 Å². The van der Waals surface area contributed by atoms with Gasteiger partial charge in [-0.2, -0.15) is 0 Å². The van der Waals surface area contributed by atoms with Crippen molar-refractivity contribution in [2.24, 2.45) is 5.41 Å². The Labute approximate surface area is 111 Å². The number of carbonyl (C=O) groups is 1. The predicted molar refractivity (Wildman–Crippen MR) is 74.4 cm³/mol. The molecule has 0 radical (unpaired) electrons. The minimum Gasteiger partial charge on any atom is -0.339 e. The average molecular weight is 250 g/mol. The zero-order valence-corrected chi connectivity index (χ0v) is 12.2. The number of likely N-dealkylation sites (N-methyl/N-ethyl adjacent to an activating group) is 1. The van der Waals surface area contributed by atoms with E-state index in [0.717, 1.165) is 31.5 Å². The molecule has 0 aromatic rings. The Morgan fingerprint density at radius 2 is 1.83 bits per heavy atom. The molecule has 3 heteroatoms. The molecule has 0 unspecified atom stereocenters. The largest absolute Gasteiger partial charge is 0.339 e. The topological polar surface area (TPSA) is 32.3 Å². The van der Waals surface area contributed by atoms with Crippen LogP contribution < -0.4 is 5.32 Å². The van der Waals surface area contributed by atoms with E-state index in [9.17, 15) is 4.79 Å². The zero-order chi connectivity index (χ0) is 13.3. The number of carbonyl (C=O) groups excluding carboxylic acids is 1. The molecule has 2 aliphatic rings. The molecule has 2 rings (SSSR count). The van der Waals surface area contributed by atoms with Crippen molar-refractivity contribution in [3.05, 3.63) is 11.1 Å². The van der Waals surface area contributed by atoms with Crippen LogP contribution in [0.5, 0.6) is 0 Å². The molecule has 1 N–H and O–H groups in total. The summed E-state index contributed by atoms with van der Waals surface area (Å²) >= 11 is 0. The van der Waals surface area contributed by atoms with Crippen molar-refractivity contribution < 1.29 is 4.79 Å². The Bertz CT molecular complexity index is 355. The van der Waals surface area contributed by atoms with Gasteiger partial charge in [0.15, 0.2) is 0 Å². The van der Waals surface area contributed by atoms with E-state index in [-0.39, 0.29) is 5.91 Å². The molecule has 18 heavy (non-hydrogen) atoms. The van der Waals surface area contributed by atoms with Crippen molar-refractivity contribution in [2.75, 3.05) is 20.1 Å². The Morgan fingerprint density at radius 3 is 2.28 bits per heavy atom. The molecular weight excluding hydrogens is 224 g/mol. The number of hydrogen-bond acceptors (Lipinski definition) is 2. The molecule has 0 bridgehead atoms. The third kappa shape index (κ3) is 2.77. The highest BCUT2D eigenvalue weighted by Crippen LogP contribution is 2.36. The van der Waals surface area contributed by atoms with Crippen LogP contribution in [0.3, 0.4) is 0 Å². The van der Waals surface area contributed by atoms with E-state index in [1.807, 2.05) is 18.9 Å². The van der Waals surface area contributed by atoms with E-state index in [0.29, 0.717) is 11.5 Å². The van der Waals surface area contributed by atoms with E-state index < -0.39 is 0 Å². The first kappa shape index (κ1) is 13.6. The van der Waals surface area contributed by atoms with Crippen LogP contribution in [0.25, 0.3) is 0 Å². The second-order valence-electron chi connectivity index (χ2n) is 6.64. The molecule has 1 aliphatic carbocycles. The molecule has 1 amide bonds. The number of rotatable bonds is 2. The Kier molecular flexibility index (Phi) is 3.81. The van der Waals surface area contributed by atoms with Crippen molar-refractivity contribution in [1.29, 1.82) is 0 Å². The van der Waals surface area contributed by atoms with Gasteiger partial charge in [-0.05, 0) is 43.6 Å². The summed E-state index contributed by atoms with van der Waals surface area (Å²) in [5, 5.41) is 3.20. The molecule has 1 saturated carbocycles. The van der Waals surface area contributed by atoms with Crippen LogP contribution in [-0.2, 0) is 4.79 Å². The molecule has 0 aromatic carbocycles. The van der Waals surface area contributed by atoms with Crippen molar-refractivity contribution >= 4 is 5.91 Å². The van der Waals surface area contributed by atoms with Crippen molar-refractivity contribution in [1.82, 2.24) is 10.2 Å². The first-order chi connectivity index (χ1) is 8.41. The SMILES string of the molecule is CC(C(=O)N(C)C1CCC(C)(C)CC1)=C1CNC1. The van der Waals surface area contributed by atoms with E-state index >= 15 is 0 Å². The van der Waals surface area contributed by atoms with E-state index in [2.05, 4.69) is 19.2 Å². The lowest BCUT2D eigenvalue weighted by molar-refractivity contribution is -0.128. The standard InChI is InChI=1S/C15H26N2O/c1-11(12-9-16-10-12)14(18)17(4)13-5-7-15(2,3)8-6-13/h13,16H,5-10H2,1-4H3. The summed E-state index contributed by atoms with van der Waals surface area (Å²) in [5.74, 6) is 0.233. The first-order valence-electron chi connectivity index (χ1n) is 7.07. The fourth-order valence-electron chi connectivity index (χ4n) is 2.87. The Morgan fingerprint density at radius 1 is 1.28 bits per heavy atom. The number of nitrogens with one attached hydrogen (secondary N) is 1. The van der Waals surface area contributed by atoms with Gasteiger partial charge >= 0.3 is 0 Å². The van der Waals surface area contributed by atoms with Crippen LogP contribution in [0.1, 0.15) is 46.5 Å². The maximum atomic E-state index is 12.4. The van der Waals surface area contributed by atoms with E-state index in [1.54, 1.807) is 0 Å². The van der Waals surface area contributed by atoms with Crippen molar-refractivity contribution in [3.63, 3.8) is 0 Å². The number of hydrogen-bond donors (Lipinski definition) is 1. The molecular formula is C15H26N2O. The fraction of sp³-hybridized carbons (Fsp3) is 0.800. The van der Waals surface area contributed by atoms with Gasteiger partial charge in [-0.1, -0.05) is 13.8 Å². The van der Waals surface area contributed by atoms with Crippen LogP contribution in [0.4, 0.5) is 0 Å². The van der Waals surface area contributed by atoms with Crippen molar-refractivity contribution in [2.45, 2.75) is 52.5 Å². The highest BCUT2D eigenvalue weighted by Gasteiger charge is 2.31. The van der Waals surface area contributed by atoms with Gasteiger partial charge in [-0.15, -0.1) is 0 Å². The fourth-order valence-corrected chi connectivity index (χ4v) is 2.87. The van der Waals surface area contributed by atoms with E-state index in [4.69, 9.17) is 0 Å². The van der Waals surface area contributed by atoms with Gasteiger partial charge in [0.1, 0.15) is 0 Å². The highest BCUT2D eigenvalue weighted by atomic mass is 16.2. The van der Waals surface area contributed by atoms with Crippen LogP contribution in [-0.4, -0.2) is 37.0 Å². The van der Waals surface area contributed by atoms with Gasteiger partial charge in [0.25, 0.3) is 0 Å². The number of nitrogens with zero attached hydrogens (tertiary/aromatic N) is 1. The average Bonchev–Trinajstić information content (AvgIpc) is 2.24. The van der Waals surface area contributed by atoms with Crippen molar-refractivity contribution in [3.8, 4) is 0 Å². The Balaban J connectivity index is 1.95. The normalized spacial score (nSPS) is 23.4. The molecule has 1 heterocycles. The van der Waals surface area contributed by atoms with Gasteiger partial charge in [-0.3, -0.25) is 4.79 Å². The molecule has 1 saturated heterocycles. The summed E-state index contributed by atoms with van der Waals surface area (Å²) in [6, 6.07) is 0.439. The molecule has 0 spiro atoms. The minimum absolute atomic E-state index is 0.233. The summed E-state index contributed by atoms with van der Waals surface area (Å²) in [6.07, 6.45) is 4.76. The molecule has 0 atom stereocenters. The molecule has 2 fully saturated rings. The van der Waals surface area contributed by atoms with Gasteiger partial charge in [0.2, 0.25) is 5.91 Å². The zero-order valence-electron chi connectivity index (χ0n) is 12.2. The number of amides is 1. The summed E-state index contributed by atoms with van der Waals surface area (Å²) in [5.41, 5.74) is 2.70. The van der Waals surface area contributed by atoms with Crippen LogP contribution >= 0.6 is 0 Å². The van der Waals surface area contributed by atoms with Gasteiger partial charge in [0, 0.05) is 31.8 Å². The van der Waals surface area contributed by atoms with Crippen LogP contribution in [0, 0.1) is 5.41 Å². The predicted octanol–water partition coefficient (Wildman–Crippen LogP) is 2.33. The summed E-state index contributed by atoms with van der Waals surface area (Å²) in [7, 11) is 1.97. The monoisotopic (exact) mass is 250 g/mol. The first-order valence-corrected chi connectivity index (χ1v) is 7.07. The smallest absolute Gasteiger partial charge is 0.249 e. The van der Waals surface area contributed by atoms with Gasteiger partial charge < -0.3 is 10.2 Å². The molecule has 0 aromatic heterocycles. The lowest BCUT2D eigenvalue weighted by atomic mass is 9.75. The molecule has 3 nitrogen and oxygen atoms in total. The highest BCUT2D eigenvalue weighted by molar-refractivity contribution is 5.94.